The van der Waals surface area contributed by atoms with E-state index in [-0.39, 0.29) is 12.5 Å². The van der Waals surface area contributed by atoms with Crippen molar-refractivity contribution in [3.05, 3.63) is 18.2 Å². The normalized spacial score (nSPS) is 10.7. The fourth-order valence-electron chi connectivity index (χ4n) is 1.76. The van der Waals surface area contributed by atoms with Crippen molar-refractivity contribution in [3.8, 4) is 11.5 Å². The first kappa shape index (κ1) is 19.0. The number of carbonyl (C=O) groups is 1. The molecule has 0 aromatic heterocycles. The quantitative estimate of drug-likeness (QED) is 0.653. The molecule has 1 rings (SSSR count). The van der Waals surface area contributed by atoms with Crippen LogP contribution in [0.1, 0.15) is 20.8 Å². The van der Waals surface area contributed by atoms with Crippen LogP contribution in [0.2, 0.25) is 0 Å². The number of rotatable bonds is 5. The molecule has 1 aromatic carbocycles. The SMILES string of the molecule is COc1ccc(OC)c(NC(=S)N(C)CC(=O)OC(C)(C)C)c1. The van der Waals surface area contributed by atoms with Crippen LogP contribution in [0.3, 0.4) is 0 Å². The Morgan fingerprint density at radius 2 is 1.91 bits per heavy atom. The summed E-state index contributed by atoms with van der Waals surface area (Å²) >= 11 is 5.32. The Morgan fingerprint density at radius 3 is 2.43 bits per heavy atom. The highest BCUT2D eigenvalue weighted by Crippen LogP contribution is 2.29. The van der Waals surface area contributed by atoms with Gasteiger partial charge in [-0.25, -0.2) is 0 Å². The van der Waals surface area contributed by atoms with Crippen LogP contribution in [0, 0.1) is 0 Å². The van der Waals surface area contributed by atoms with Crippen LogP contribution < -0.4 is 14.8 Å². The van der Waals surface area contributed by atoms with Gasteiger partial charge in [0.05, 0.1) is 19.9 Å². The summed E-state index contributed by atoms with van der Waals surface area (Å²) in [5.41, 5.74) is 0.135. The zero-order valence-corrected chi connectivity index (χ0v) is 15.2. The van der Waals surface area contributed by atoms with Gasteiger partial charge in [-0.3, -0.25) is 4.79 Å². The molecule has 0 spiro atoms. The smallest absolute Gasteiger partial charge is 0.326 e. The van der Waals surface area contributed by atoms with Gasteiger partial charge in [-0.05, 0) is 45.1 Å². The first-order chi connectivity index (χ1) is 10.7. The lowest BCUT2D eigenvalue weighted by Crippen LogP contribution is -2.38. The summed E-state index contributed by atoms with van der Waals surface area (Å²) in [6, 6.07) is 5.33. The van der Waals surface area contributed by atoms with E-state index in [0.29, 0.717) is 22.3 Å². The summed E-state index contributed by atoms with van der Waals surface area (Å²) in [5.74, 6) is 0.950. The molecule has 128 valence electrons. The maximum atomic E-state index is 11.9. The third kappa shape index (κ3) is 6.32. The number of likely N-dealkylation sites (N-methyl/N-ethyl adjacent to an activating group) is 1. The Kier molecular flexibility index (Phi) is 6.62. The van der Waals surface area contributed by atoms with Crippen molar-refractivity contribution in [2.45, 2.75) is 26.4 Å². The molecule has 7 heteroatoms. The summed E-state index contributed by atoms with van der Waals surface area (Å²) < 4.78 is 15.8. The molecule has 0 unspecified atom stereocenters. The number of carbonyl (C=O) groups excluding carboxylic acids is 1. The van der Waals surface area contributed by atoms with Gasteiger partial charge in [0.2, 0.25) is 0 Å². The molecular formula is C16H24N2O4S. The number of nitrogens with zero attached hydrogens (tertiary/aromatic N) is 1. The monoisotopic (exact) mass is 340 g/mol. The van der Waals surface area contributed by atoms with Crippen molar-refractivity contribution in [1.29, 1.82) is 0 Å². The fraction of sp³-hybridized carbons (Fsp3) is 0.500. The third-order valence-electron chi connectivity index (χ3n) is 2.78. The minimum atomic E-state index is -0.525. The Hall–Kier alpha value is -2.02. The van der Waals surface area contributed by atoms with Crippen molar-refractivity contribution in [2.24, 2.45) is 0 Å². The van der Waals surface area contributed by atoms with Crippen LogP contribution in [-0.2, 0) is 9.53 Å². The molecule has 0 saturated heterocycles. The number of hydrogen-bond acceptors (Lipinski definition) is 5. The maximum Gasteiger partial charge on any atom is 0.326 e. The standard InChI is InChI=1S/C16H24N2O4S/c1-16(2,3)22-14(19)10-18(4)15(23)17-12-9-11(20-5)7-8-13(12)21-6/h7-9H,10H2,1-6H3,(H,17,23). The van der Waals surface area contributed by atoms with E-state index < -0.39 is 5.60 Å². The van der Waals surface area contributed by atoms with E-state index >= 15 is 0 Å². The summed E-state index contributed by atoms with van der Waals surface area (Å²) in [6.07, 6.45) is 0. The molecule has 0 radical (unpaired) electrons. The Labute approximate surface area is 142 Å². The van der Waals surface area contributed by atoms with Crippen molar-refractivity contribution in [1.82, 2.24) is 4.90 Å². The number of hydrogen-bond donors (Lipinski definition) is 1. The van der Waals surface area contributed by atoms with Gasteiger partial charge >= 0.3 is 5.97 Å². The first-order valence-electron chi connectivity index (χ1n) is 7.12. The van der Waals surface area contributed by atoms with E-state index in [1.54, 1.807) is 44.4 Å². The van der Waals surface area contributed by atoms with Crippen molar-refractivity contribution >= 4 is 29.0 Å². The highest BCUT2D eigenvalue weighted by molar-refractivity contribution is 7.80. The van der Waals surface area contributed by atoms with E-state index in [0.717, 1.165) is 0 Å². The molecule has 6 nitrogen and oxygen atoms in total. The van der Waals surface area contributed by atoms with E-state index in [2.05, 4.69) is 5.32 Å². The van der Waals surface area contributed by atoms with Gasteiger partial charge in [0.25, 0.3) is 0 Å². The summed E-state index contributed by atoms with van der Waals surface area (Å²) in [4.78, 5) is 13.5. The molecule has 0 amide bonds. The van der Waals surface area contributed by atoms with E-state index in [9.17, 15) is 4.79 Å². The molecule has 0 saturated carbocycles. The lowest BCUT2D eigenvalue weighted by atomic mass is 10.2. The lowest BCUT2D eigenvalue weighted by Gasteiger charge is -2.24. The van der Waals surface area contributed by atoms with Crippen LogP contribution in [0.4, 0.5) is 5.69 Å². The van der Waals surface area contributed by atoms with Crippen LogP contribution in [0.5, 0.6) is 11.5 Å². The molecule has 0 atom stereocenters. The number of ether oxygens (including phenoxy) is 3. The summed E-state index contributed by atoms with van der Waals surface area (Å²) in [6.45, 7) is 5.52. The fourth-order valence-corrected chi connectivity index (χ4v) is 1.94. The van der Waals surface area contributed by atoms with Crippen molar-refractivity contribution in [3.63, 3.8) is 0 Å². The zero-order valence-electron chi connectivity index (χ0n) is 14.4. The average Bonchev–Trinajstić information content (AvgIpc) is 2.44. The van der Waals surface area contributed by atoms with Gasteiger partial charge in [-0.1, -0.05) is 0 Å². The van der Waals surface area contributed by atoms with Crippen LogP contribution >= 0.6 is 12.2 Å². The van der Waals surface area contributed by atoms with Gasteiger partial charge in [0, 0.05) is 13.1 Å². The molecule has 1 N–H and O–H groups in total. The molecule has 0 aliphatic carbocycles. The number of esters is 1. The number of nitrogens with one attached hydrogen (secondary N) is 1. The van der Waals surface area contributed by atoms with Crippen LogP contribution in [-0.4, -0.2) is 49.4 Å². The van der Waals surface area contributed by atoms with Gasteiger partial charge < -0.3 is 24.4 Å². The minimum absolute atomic E-state index is 0.0510. The molecule has 23 heavy (non-hydrogen) atoms. The van der Waals surface area contributed by atoms with E-state index in [4.69, 9.17) is 26.4 Å². The van der Waals surface area contributed by atoms with Gasteiger partial charge in [-0.2, -0.15) is 0 Å². The molecule has 0 bridgehead atoms. The largest absolute Gasteiger partial charge is 0.497 e. The lowest BCUT2D eigenvalue weighted by molar-refractivity contribution is -0.154. The Bertz CT molecular complexity index is 570. The molecule has 1 aromatic rings. The average molecular weight is 340 g/mol. The van der Waals surface area contributed by atoms with E-state index in [1.807, 2.05) is 20.8 Å². The van der Waals surface area contributed by atoms with Gasteiger partial charge in [0.15, 0.2) is 5.11 Å². The predicted molar refractivity (Wildman–Crippen MR) is 94.2 cm³/mol. The number of anilines is 1. The number of thiocarbonyl (C=S) groups is 1. The van der Waals surface area contributed by atoms with Crippen LogP contribution in [0.25, 0.3) is 0 Å². The second-order valence-electron chi connectivity index (χ2n) is 5.94. The van der Waals surface area contributed by atoms with Gasteiger partial charge in [-0.15, -0.1) is 0 Å². The van der Waals surface area contributed by atoms with Crippen molar-refractivity contribution in [2.75, 3.05) is 33.1 Å². The van der Waals surface area contributed by atoms with Gasteiger partial charge in [0.1, 0.15) is 23.6 Å². The summed E-state index contributed by atoms with van der Waals surface area (Å²) in [5, 5.41) is 3.43. The zero-order chi connectivity index (χ0) is 17.6. The third-order valence-corrected chi connectivity index (χ3v) is 3.19. The number of methoxy groups -OCH3 is 2. The molecule has 0 fully saturated rings. The predicted octanol–water partition coefficient (Wildman–Crippen LogP) is 2.67. The highest BCUT2D eigenvalue weighted by Gasteiger charge is 2.19. The second-order valence-corrected chi connectivity index (χ2v) is 6.33. The minimum Gasteiger partial charge on any atom is -0.497 e. The molecule has 0 aliphatic heterocycles. The first-order valence-corrected chi connectivity index (χ1v) is 7.53. The van der Waals surface area contributed by atoms with Crippen LogP contribution in [0.15, 0.2) is 18.2 Å². The van der Waals surface area contributed by atoms with Crippen molar-refractivity contribution < 1.29 is 19.0 Å². The molecule has 0 aliphatic rings. The molecular weight excluding hydrogens is 316 g/mol. The van der Waals surface area contributed by atoms with E-state index in [1.165, 1.54) is 0 Å². The maximum absolute atomic E-state index is 11.9. The Morgan fingerprint density at radius 1 is 1.26 bits per heavy atom. The molecule has 0 heterocycles. The highest BCUT2D eigenvalue weighted by atomic mass is 32.1. The second kappa shape index (κ2) is 8.01. The summed E-state index contributed by atoms with van der Waals surface area (Å²) in [7, 11) is 4.87. The Balaban J connectivity index is 2.73. The number of benzene rings is 1. The topological polar surface area (TPSA) is 60.0 Å².